The van der Waals surface area contributed by atoms with Crippen LogP contribution in [0.3, 0.4) is 0 Å². The first-order chi connectivity index (χ1) is 12.9. The molecule has 0 bridgehead atoms. The molecule has 2 aromatic rings. The number of hydrogen-bond donors (Lipinski definition) is 3. The second kappa shape index (κ2) is 8.74. The van der Waals surface area contributed by atoms with Crippen LogP contribution >= 0.6 is 11.6 Å². The van der Waals surface area contributed by atoms with Gasteiger partial charge in [0.25, 0.3) is 0 Å². The van der Waals surface area contributed by atoms with Crippen molar-refractivity contribution in [1.29, 1.82) is 0 Å². The number of nitrogens with one attached hydrogen (secondary N) is 1. The van der Waals surface area contributed by atoms with Gasteiger partial charge in [-0.05, 0) is 48.2 Å². The minimum atomic E-state index is -0.805. The molecule has 0 spiro atoms. The summed E-state index contributed by atoms with van der Waals surface area (Å²) in [6, 6.07) is 13.4. The number of nitrogens with zero attached hydrogens (tertiary/aromatic N) is 1. The van der Waals surface area contributed by atoms with Crippen molar-refractivity contribution in [3.8, 4) is 0 Å². The van der Waals surface area contributed by atoms with E-state index in [0.717, 1.165) is 30.6 Å². The minimum Gasteiger partial charge on any atom is -0.481 e. The molecule has 0 amide bonds. The molecule has 0 fully saturated rings. The number of aliphatic carboxylic acids is 1. The molecule has 1 aliphatic heterocycles. The maximum atomic E-state index is 10.9. The highest BCUT2D eigenvalue weighted by molar-refractivity contribution is 6.30. The molecule has 144 valence electrons. The van der Waals surface area contributed by atoms with Gasteiger partial charge >= 0.3 is 5.97 Å². The molecule has 3 N–H and O–H groups in total. The summed E-state index contributed by atoms with van der Waals surface area (Å²) in [7, 11) is 0. The highest BCUT2D eigenvalue weighted by Gasteiger charge is 2.21. The summed E-state index contributed by atoms with van der Waals surface area (Å²) in [6.07, 6.45) is 0.392. The predicted octanol–water partition coefficient (Wildman–Crippen LogP) is 3.04. The van der Waals surface area contributed by atoms with Crippen molar-refractivity contribution in [2.45, 2.75) is 31.9 Å². The number of benzene rings is 2. The van der Waals surface area contributed by atoms with Gasteiger partial charge in [-0.2, -0.15) is 0 Å². The number of carboxylic acids is 1. The third kappa shape index (κ3) is 5.22. The van der Waals surface area contributed by atoms with E-state index in [0.29, 0.717) is 11.6 Å². The average Bonchev–Trinajstić information content (AvgIpc) is 3.01. The van der Waals surface area contributed by atoms with E-state index in [1.165, 1.54) is 11.3 Å². The Morgan fingerprint density at radius 2 is 2.11 bits per heavy atom. The van der Waals surface area contributed by atoms with Crippen molar-refractivity contribution in [3.05, 3.63) is 64.2 Å². The van der Waals surface area contributed by atoms with Gasteiger partial charge in [0, 0.05) is 36.4 Å². The van der Waals surface area contributed by atoms with Crippen molar-refractivity contribution in [2.24, 2.45) is 0 Å². The number of anilines is 1. The number of carboxylic acid groups (broad SMARTS) is 1. The number of halogens is 1. The quantitative estimate of drug-likeness (QED) is 0.648. The lowest BCUT2D eigenvalue weighted by molar-refractivity contribution is -0.136. The largest absolute Gasteiger partial charge is 0.481 e. The molecule has 6 heteroatoms. The summed E-state index contributed by atoms with van der Waals surface area (Å²) in [5, 5.41) is 23.3. The molecule has 3 rings (SSSR count). The summed E-state index contributed by atoms with van der Waals surface area (Å²) in [5.41, 5.74) is 4.03. The second-order valence-corrected chi connectivity index (χ2v) is 7.55. The zero-order valence-corrected chi connectivity index (χ0v) is 16.1. The van der Waals surface area contributed by atoms with Gasteiger partial charge in [0.1, 0.15) is 0 Å². The van der Waals surface area contributed by atoms with E-state index < -0.39 is 12.1 Å². The van der Waals surface area contributed by atoms with Crippen LogP contribution in [0.1, 0.15) is 29.7 Å². The van der Waals surface area contributed by atoms with E-state index in [4.69, 9.17) is 16.7 Å². The van der Waals surface area contributed by atoms with Crippen molar-refractivity contribution in [3.63, 3.8) is 0 Å². The van der Waals surface area contributed by atoms with Crippen LogP contribution in [-0.4, -0.2) is 41.9 Å². The average molecular weight is 389 g/mol. The van der Waals surface area contributed by atoms with Gasteiger partial charge in [0.15, 0.2) is 0 Å². The molecule has 0 saturated carbocycles. The lowest BCUT2D eigenvalue weighted by Crippen LogP contribution is -2.40. The Morgan fingerprint density at radius 1 is 1.30 bits per heavy atom. The van der Waals surface area contributed by atoms with Crippen LogP contribution < -0.4 is 10.2 Å². The maximum Gasteiger partial charge on any atom is 0.307 e. The topological polar surface area (TPSA) is 72.8 Å². The monoisotopic (exact) mass is 388 g/mol. The Bertz CT molecular complexity index is 812. The van der Waals surface area contributed by atoms with Gasteiger partial charge in [0.2, 0.25) is 0 Å². The highest BCUT2D eigenvalue weighted by Crippen LogP contribution is 2.29. The normalized spacial score (nSPS) is 15.4. The fourth-order valence-electron chi connectivity index (χ4n) is 3.54. The predicted molar refractivity (Wildman–Crippen MR) is 108 cm³/mol. The Balaban J connectivity index is 1.53. The van der Waals surface area contributed by atoms with Crippen LogP contribution in [0.2, 0.25) is 5.02 Å². The van der Waals surface area contributed by atoms with Crippen molar-refractivity contribution >= 4 is 23.3 Å². The fraction of sp³-hybridized carbons (Fsp3) is 0.381. The molecule has 27 heavy (non-hydrogen) atoms. The Morgan fingerprint density at radius 3 is 2.85 bits per heavy atom. The Labute approximate surface area is 164 Å². The molecule has 0 radical (unpaired) electrons. The number of carbonyl (C=O) groups is 1. The lowest BCUT2D eigenvalue weighted by Gasteiger charge is -2.25. The second-order valence-electron chi connectivity index (χ2n) is 7.11. The summed E-state index contributed by atoms with van der Waals surface area (Å²) in [5.74, 6) is -0.805. The third-order valence-corrected chi connectivity index (χ3v) is 5.11. The molecule has 2 atom stereocenters. The highest BCUT2D eigenvalue weighted by atomic mass is 35.5. The molecule has 2 aromatic carbocycles. The van der Waals surface area contributed by atoms with Gasteiger partial charge in [-0.1, -0.05) is 35.9 Å². The van der Waals surface area contributed by atoms with Crippen molar-refractivity contribution < 1.29 is 15.0 Å². The molecule has 0 saturated heterocycles. The molecule has 1 unspecified atom stereocenters. The van der Waals surface area contributed by atoms with E-state index in [-0.39, 0.29) is 12.5 Å². The van der Waals surface area contributed by atoms with Crippen LogP contribution in [0.25, 0.3) is 0 Å². The SMILES string of the molecule is CC(CN1CCc2cc(CC(=O)O)ccc21)NC[C@H](O)c1cccc(Cl)c1. The van der Waals surface area contributed by atoms with E-state index in [2.05, 4.69) is 17.1 Å². The summed E-state index contributed by atoms with van der Waals surface area (Å²) in [6.45, 7) is 4.31. The number of aliphatic hydroxyl groups is 1. The minimum absolute atomic E-state index is 0.0621. The van der Waals surface area contributed by atoms with Gasteiger partial charge in [0.05, 0.1) is 12.5 Å². The standard InChI is InChI=1S/C21H25ClN2O3/c1-14(23-12-20(25)17-3-2-4-18(22)11-17)13-24-8-7-16-9-15(10-21(26)27)5-6-19(16)24/h2-6,9,11,14,20,23,25H,7-8,10,12-13H2,1H3,(H,26,27)/t14?,20-/m0/s1. The molecular weight excluding hydrogens is 364 g/mol. The van der Waals surface area contributed by atoms with E-state index in [1.54, 1.807) is 12.1 Å². The lowest BCUT2D eigenvalue weighted by atomic mass is 10.1. The molecule has 0 aromatic heterocycles. The van der Waals surface area contributed by atoms with E-state index >= 15 is 0 Å². The molecular formula is C21H25ClN2O3. The summed E-state index contributed by atoms with van der Waals surface area (Å²) in [4.78, 5) is 13.2. The van der Waals surface area contributed by atoms with Crippen molar-refractivity contribution in [2.75, 3.05) is 24.5 Å². The number of fused-ring (bicyclic) bond motifs is 1. The van der Waals surface area contributed by atoms with Crippen LogP contribution in [0.15, 0.2) is 42.5 Å². The van der Waals surface area contributed by atoms with Gasteiger partial charge in [-0.25, -0.2) is 0 Å². The van der Waals surface area contributed by atoms with Crippen LogP contribution in [0, 0.1) is 0 Å². The van der Waals surface area contributed by atoms with E-state index in [9.17, 15) is 9.90 Å². The Hall–Kier alpha value is -2.08. The fourth-order valence-corrected chi connectivity index (χ4v) is 3.74. The smallest absolute Gasteiger partial charge is 0.307 e. The number of hydrogen-bond acceptors (Lipinski definition) is 4. The van der Waals surface area contributed by atoms with Gasteiger partial charge in [-0.15, -0.1) is 0 Å². The first kappa shape index (κ1) is 19.7. The van der Waals surface area contributed by atoms with Crippen LogP contribution in [0.5, 0.6) is 0 Å². The zero-order chi connectivity index (χ0) is 19.4. The van der Waals surface area contributed by atoms with Crippen LogP contribution in [-0.2, 0) is 17.6 Å². The molecule has 1 heterocycles. The first-order valence-corrected chi connectivity index (χ1v) is 9.55. The van der Waals surface area contributed by atoms with Crippen LogP contribution in [0.4, 0.5) is 5.69 Å². The van der Waals surface area contributed by atoms with Gasteiger partial charge in [-0.3, -0.25) is 4.79 Å². The van der Waals surface area contributed by atoms with E-state index in [1.807, 2.05) is 30.3 Å². The maximum absolute atomic E-state index is 10.9. The van der Waals surface area contributed by atoms with Gasteiger partial charge < -0.3 is 20.4 Å². The number of rotatable bonds is 8. The first-order valence-electron chi connectivity index (χ1n) is 9.18. The third-order valence-electron chi connectivity index (χ3n) is 4.88. The molecule has 5 nitrogen and oxygen atoms in total. The van der Waals surface area contributed by atoms with Crippen molar-refractivity contribution in [1.82, 2.24) is 5.32 Å². The number of aliphatic hydroxyl groups excluding tert-OH is 1. The summed E-state index contributed by atoms with van der Waals surface area (Å²) >= 11 is 5.98. The molecule has 0 aliphatic carbocycles. The summed E-state index contributed by atoms with van der Waals surface area (Å²) < 4.78 is 0. The Kier molecular flexibility index (Phi) is 6.37. The molecule has 1 aliphatic rings. The zero-order valence-electron chi connectivity index (χ0n) is 15.4.